The minimum atomic E-state index is 0.384. The summed E-state index contributed by atoms with van der Waals surface area (Å²) < 4.78 is 5.34. The molecule has 3 heterocycles. The van der Waals surface area contributed by atoms with E-state index in [1.54, 1.807) is 6.26 Å². The van der Waals surface area contributed by atoms with E-state index >= 15 is 0 Å². The highest BCUT2D eigenvalue weighted by atomic mass is 32.1. The number of thiocarbonyl (C=S) groups is 1. The summed E-state index contributed by atoms with van der Waals surface area (Å²) in [4.78, 5) is 10.5. The fourth-order valence-electron chi connectivity index (χ4n) is 3.24. The summed E-state index contributed by atoms with van der Waals surface area (Å²) in [6, 6.07) is 12.0. The zero-order valence-electron chi connectivity index (χ0n) is 13.4. The van der Waals surface area contributed by atoms with E-state index < -0.39 is 0 Å². The summed E-state index contributed by atoms with van der Waals surface area (Å²) >= 11 is 5.56. The summed E-state index contributed by atoms with van der Waals surface area (Å²) in [7, 11) is 0. The van der Waals surface area contributed by atoms with Gasteiger partial charge in [-0.05, 0) is 49.3 Å². The molecule has 2 aromatic heterocycles. The Bertz CT molecular complexity index is 794. The maximum absolute atomic E-state index is 5.56. The standard InChI is InChI=1S/C18H20N4OS/c24-18(19-11-14-6-4-10-23-14)22-9-3-5-13(12-22)17-20-15-7-1-2-8-16(15)21-17/h1-2,4,6-8,10,13H,3,5,9,11-12H2,(H,19,24)(H,20,21)/t13-/m1/s1. The van der Waals surface area contributed by atoms with Gasteiger partial charge in [-0.1, -0.05) is 12.1 Å². The largest absolute Gasteiger partial charge is 0.467 e. The molecule has 5 nitrogen and oxygen atoms in total. The average molecular weight is 340 g/mol. The quantitative estimate of drug-likeness (QED) is 0.716. The molecule has 1 aliphatic heterocycles. The van der Waals surface area contributed by atoms with Crippen molar-refractivity contribution in [3.63, 3.8) is 0 Å². The first kappa shape index (κ1) is 15.2. The number of rotatable bonds is 3. The van der Waals surface area contributed by atoms with Crippen molar-refractivity contribution in [3.05, 3.63) is 54.2 Å². The molecule has 4 rings (SSSR count). The molecule has 0 aliphatic carbocycles. The number of likely N-dealkylation sites (tertiary alicyclic amines) is 1. The molecule has 0 bridgehead atoms. The monoisotopic (exact) mass is 340 g/mol. The van der Waals surface area contributed by atoms with Gasteiger partial charge in [-0.2, -0.15) is 0 Å². The second kappa shape index (κ2) is 6.65. The van der Waals surface area contributed by atoms with Crippen molar-refractivity contribution in [2.45, 2.75) is 25.3 Å². The number of para-hydroxylation sites is 2. The Morgan fingerprint density at radius 3 is 3.08 bits per heavy atom. The summed E-state index contributed by atoms with van der Waals surface area (Å²) in [6.07, 6.45) is 3.93. The minimum absolute atomic E-state index is 0.384. The van der Waals surface area contributed by atoms with Crippen LogP contribution in [0, 0.1) is 0 Å². The third-order valence-electron chi connectivity index (χ3n) is 4.50. The molecular weight excluding hydrogens is 320 g/mol. The molecule has 0 saturated carbocycles. The molecule has 2 N–H and O–H groups in total. The van der Waals surface area contributed by atoms with E-state index in [0.29, 0.717) is 12.5 Å². The van der Waals surface area contributed by atoms with Crippen molar-refractivity contribution >= 4 is 28.4 Å². The third kappa shape index (κ3) is 3.14. The number of piperidine rings is 1. The minimum Gasteiger partial charge on any atom is -0.467 e. The molecule has 0 spiro atoms. The van der Waals surface area contributed by atoms with Crippen LogP contribution in [0.15, 0.2) is 47.1 Å². The molecular formula is C18H20N4OS. The topological polar surface area (TPSA) is 57.1 Å². The Balaban J connectivity index is 1.42. The van der Waals surface area contributed by atoms with E-state index in [9.17, 15) is 0 Å². The van der Waals surface area contributed by atoms with Gasteiger partial charge < -0.3 is 19.6 Å². The van der Waals surface area contributed by atoms with Crippen molar-refractivity contribution in [2.24, 2.45) is 0 Å². The van der Waals surface area contributed by atoms with Crippen LogP contribution in [0.25, 0.3) is 11.0 Å². The Morgan fingerprint density at radius 2 is 2.25 bits per heavy atom. The maximum Gasteiger partial charge on any atom is 0.169 e. The molecule has 1 aliphatic rings. The summed E-state index contributed by atoms with van der Waals surface area (Å²) in [6.45, 7) is 2.50. The van der Waals surface area contributed by atoms with Crippen LogP contribution >= 0.6 is 12.2 Å². The van der Waals surface area contributed by atoms with Crippen molar-refractivity contribution < 1.29 is 4.42 Å². The SMILES string of the molecule is S=C(NCc1ccco1)N1CCC[C@@H](c2nc3ccccc3[nH]2)C1. The number of H-pyrrole nitrogens is 1. The second-order valence-corrected chi connectivity index (χ2v) is 6.55. The van der Waals surface area contributed by atoms with Gasteiger partial charge in [0.1, 0.15) is 11.6 Å². The van der Waals surface area contributed by atoms with Gasteiger partial charge in [-0.25, -0.2) is 4.98 Å². The summed E-state index contributed by atoms with van der Waals surface area (Å²) in [5.74, 6) is 2.34. The van der Waals surface area contributed by atoms with Crippen LogP contribution in [0.3, 0.4) is 0 Å². The smallest absolute Gasteiger partial charge is 0.169 e. The molecule has 0 radical (unpaired) electrons. The van der Waals surface area contributed by atoms with Crippen LogP contribution in [-0.2, 0) is 6.54 Å². The molecule has 0 unspecified atom stereocenters. The number of nitrogens with zero attached hydrogens (tertiary/aromatic N) is 2. The molecule has 0 amide bonds. The van der Waals surface area contributed by atoms with Gasteiger partial charge >= 0.3 is 0 Å². The normalized spacial score (nSPS) is 18.0. The van der Waals surface area contributed by atoms with E-state index in [0.717, 1.165) is 53.7 Å². The molecule has 24 heavy (non-hydrogen) atoms. The number of benzene rings is 1. The summed E-state index contributed by atoms with van der Waals surface area (Å²) in [5.41, 5.74) is 2.13. The van der Waals surface area contributed by atoms with Crippen molar-refractivity contribution in [3.8, 4) is 0 Å². The lowest BCUT2D eigenvalue weighted by molar-refractivity contribution is 0.299. The van der Waals surface area contributed by atoms with Crippen LogP contribution < -0.4 is 5.32 Å². The van der Waals surface area contributed by atoms with Gasteiger partial charge in [-0.3, -0.25) is 0 Å². The molecule has 124 valence electrons. The van der Waals surface area contributed by atoms with E-state index in [4.69, 9.17) is 21.6 Å². The zero-order valence-corrected chi connectivity index (χ0v) is 14.2. The molecule has 1 aromatic carbocycles. The van der Waals surface area contributed by atoms with Crippen LogP contribution in [0.4, 0.5) is 0 Å². The fourth-order valence-corrected chi connectivity index (χ4v) is 3.48. The van der Waals surface area contributed by atoms with Crippen LogP contribution in [-0.4, -0.2) is 33.1 Å². The van der Waals surface area contributed by atoms with Crippen LogP contribution in [0.1, 0.15) is 30.3 Å². The summed E-state index contributed by atoms with van der Waals surface area (Å²) in [5, 5.41) is 4.07. The van der Waals surface area contributed by atoms with E-state index in [2.05, 4.69) is 21.3 Å². The maximum atomic E-state index is 5.56. The number of aromatic amines is 1. The van der Waals surface area contributed by atoms with Gasteiger partial charge in [0.05, 0.1) is 23.8 Å². The first-order chi connectivity index (χ1) is 11.8. The lowest BCUT2D eigenvalue weighted by atomic mass is 9.98. The number of nitrogens with one attached hydrogen (secondary N) is 2. The number of furan rings is 1. The van der Waals surface area contributed by atoms with Gasteiger partial charge in [-0.15, -0.1) is 0 Å². The predicted molar refractivity (Wildman–Crippen MR) is 97.8 cm³/mol. The van der Waals surface area contributed by atoms with E-state index in [-0.39, 0.29) is 0 Å². The molecule has 1 saturated heterocycles. The molecule has 1 atom stereocenters. The first-order valence-corrected chi connectivity index (χ1v) is 8.70. The van der Waals surface area contributed by atoms with Gasteiger partial charge in [0.2, 0.25) is 0 Å². The highest BCUT2D eigenvalue weighted by molar-refractivity contribution is 7.80. The fraction of sp³-hybridized carbons (Fsp3) is 0.333. The number of fused-ring (bicyclic) bond motifs is 1. The Morgan fingerprint density at radius 1 is 1.33 bits per heavy atom. The highest BCUT2D eigenvalue weighted by Crippen LogP contribution is 2.26. The number of hydrogen-bond acceptors (Lipinski definition) is 3. The van der Waals surface area contributed by atoms with E-state index in [1.165, 1.54) is 0 Å². The van der Waals surface area contributed by atoms with Gasteiger partial charge in [0, 0.05) is 19.0 Å². The highest BCUT2D eigenvalue weighted by Gasteiger charge is 2.25. The second-order valence-electron chi connectivity index (χ2n) is 6.16. The van der Waals surface area contributed by atoms with Gasteiger partial charge in [0.25, 0.3) is 0 Å². The lowest BCUT2D eigenvalue weighted by Crippen LogP contribution is -2.44. The Hall–Kier alpha value is -2.34. The van der Waals surface area contributed by atoms with Crippen molar-refractivity contribution in [2.75, 3.05) is 13.1 Å². The molecule has 3 aromatic rings. The Labute approximate surface area is 146 Å². The predicted octanol–water partition coefficient (Wildman–Crippen LogP) is 3.41. The van der Waals surface area contributed by atoms with Crippen molar-refractivity contribution in [1.82, 2.24) is 20.2 Å². The van der Waals surface area contributed by atoms with Crippen LogP contribution in [0.5, 0.6) is 0 Å². The van der Waals surface area contributed by atoms with Crippen molar-refractivity contribution in [1.29, 1.82) is 0 Å². The zero-order chi connectivity index (χ0) is 16.4. The first-order valence-electron chi connectivity index (χ1n) is 8.29. The lowest BCUT2D eigenvalue weighted by Gasteiger charge is -2.33. The van der Waals surface area contributed by atoms with Crippen LogP contribution in [0.2, 0.25) is 0 Å². The molecule has 6 heteroatoms. The number of aromatic nitrogens is 2. The Kier molecular flexibility index (Phi) is 4.21. The van der Waals surface area contributed by atoms with E-state index in [1.807, 2.05) is 30.3 Å². The third-order valence-corrected chi connectivity index (χ3v) is 4.90. The number of imidazole rings is 1. The average Bonchev–Trinajstić information content (AvgIpc) is 3.29. The van der Waals surface area contributed by atoms with Gasteiger partial charge in [0.15, 0.2) is 5.11 Å². The molecule has 1 fully saturated rings. The number of hydrogen-bond donors (Lipinski definition) is 2.